The molecule has 1 aliphatic heterocycles. The number of aryl methyl sites for hydroxylation is 1. The van der Waals surface area contributed by atoms with E-state index in [4.69, 9.17) is 0 Å². The van der Waals surface area contributed by atoms with Crippen molar-refractivity contribution < 1.29 is 14.0 Å². The summed E-state index contributed by atoms with van der Waals surface area (Å²) >= 11 is 0. The number of carbonyl (C=O) groups is 2. The van der Waals surface area contributed by atoms with Crippen LogP contribution in [0.4, 0.5) is 10.1 Å². The number of aromatic nitrogens is 1. The van der Waals surface area contributed by atoms with Crippen molar-refractivity contribution in [2.45, 2.75) is 19.5 Å². The van der Waals surface area contributed by atoms with E-state index in [1.54, 1.807) is 24.5 Å². The lowest BCUT2D eigenvalue weighted by Crippen LogP contribution is -2.51. The molecule has 1 atom stereocenters. The van der Waals surface area contributed by atoms with Gasteiger partial charge in [0.25, 0.3) is 0 Å². The van der Waals surface area contributed by atoms with E-state index in [0.29, 0.717) is 31.9 Å². The fraction of sp³-hybridized carbons (Fsp3) is 0.296. The summed E-state index contributed by atoms with van der Waals surface area (Å²) in [5, 5.41) is 5.45. The molecule has 2 heterocycles. The van der Waals surface area contributed by atoms with Crippen molar-refractivity contribution in [3.05, 3.63) is 95.6 Å². The predicted molar refractivity (Wildman–Crippen MR) is 133 cm³/mol. The highest BCUT2D eigenvalue weighted by Gasteiger charge is 2.27. The first-order valence-electron chi connectivity index (χ1n) is 11.8. The molecule has 0 spiro atoms. The maximum absolute atomic E-state index is 14.2. The number of anilines is 1. The molecule has 1 aromatic heterocycles. The Labute approximate surface area is 205 Å². The van der Waals surface area contributed by atoms with E-state index in [1.807, 2.05) is 54.3 Å². The fourth-order valence-corrected chi connectivity index (χ4v) is 4.25. The number of hydrogen-bond donors (Lipinski definition) is 2. The summed E-state index contributed by atoms with van der Waals surface area (Å²) in [7, 11) is 0. The molecular formula is C27H30FN5O2. The molecule has 2 N–H and O–H groups in total. The zero-order chi connectivity index (χ0) is 24.6. The molecule has 35 heavy (non-hydrogen) atoms. The average molecular weight is 476 g/mol. The Morgan fingerprint density at radius 1 is 0.943 bits per heavy atom. The molecule has 7 nitrogen and oxygen atoms in total. The number of carbonyl (C=O) groups excluding carboxylic acids is 2. The van der Waals surface area contributed by atoms with E-state index < -0.39 is 11.8 Å². The van der Waals surface area contributed by atoms with Gasteiger partial charge in [-0.05, 0) is 36.2 Å². The molecule has 182 valence electrons. The van der Waals surface area contributed by atoms with E-state index in [-0.39, 0.29) is 24.9 Å². The largest absolute Gasteiger partial charge is 0.367 e. The Hall–Kier alpha value is -3.78. The van der Waals surface area contributed by atoms with Crippen molar-refractivity contribution in [3.63, 3.8) is 0 Å². The molecule has 1 saturated heterocycles. The van der Waals surface area contributed by atoms with Gasteiger partial charge in [-0.25, -0.2) is 4.39 Å². The van der Waals surface area contributed by atoms with E-state index in [1.165, 1.54) is 6.07 Å². The standard InChI is InChI=1S/C27H30FN5O2/c1-20-8-10-21(11-9-20)17-30-26(34)27(35)31-19-25(22-5-4-12-29-18-22)33-15-13-32(14-16-33)24-7-3-2-6-23(24)28/h2-12,18,25H,13-17,19H2,1H3,(H,30,34)(H,31,35)/t25-/m0/s1. The van der Waals surface area contributed by atoms with Gasteiger partial charge in [0, 0.05) is 51.7 Å². The Bertz CT molecular complexity index is 1130. The first-order valence-corrected chi connectivity index (χ1v) is 11.8. The Morgan fingerprint density at radius 3 is 2.34 bits per heavy atom. The number of nitrogens with zero attached hydrogens (tertiary/aromatic N) is 3. The summed E-state index contributed by atoms with van der Waals surface area (Å²) in [4.78, 5) is 33.3. The van der Waals surface area contributed by atoms with Crippen molar-refractivity contribution in [1.29, 1.82) is 0 Å². The van der Waals surface area contributed by atoms with Crippen molar-refractivity contribution in [1.82, 2.24) is 20.5 Å². The lowest BCUT2D eigenvalue weighted by molar-refractivity contribution is -0.139. The smallest absolute Gasteiger partial charge is 0.309 e. The van der Waals surface area contributed by atoms with Gasteiger partial charge in [-0.3, -0.25) is 19.5 Å². The lowest BCUT2D eigenvalue weighted by atomic mass is 10.1. The minimum Gasteiger partial charge on any atom is -0.367 e. The van der Waals surface area contributed by atoms with E-state index in [0.717, 1.165) is 16.7 Å². The van der Waals surface area contributed by atoms with Crippen LogP contribution >= 0.6 is 0 Å². The van der Waals surface area contributed by atoms with Gasteiger partial charge >= 0.3 is 11.8 Å². The van der Waals surface area contributed by atoms with Gasteiger partial charge in [0.2, 0.25) is 0 Å². The number of benzene rings is 2. The van der Waals surface area contributed by atoms with Crippen molar-refractivity contribution in [2.75, 3.05) is 37.6 Å². The average Bonchev–Trinajstić information content (AvgIpc) is 2.89. The van der Waals surface area contributed by atoms with Crippen LogP contribution in [-0.2, 0) is 16.1 Å². The number of amides is 2. The lowest BCUT2D eigenvalue weighted by Gasteiger charge is -2.40. The second-order valence-corrected chi connectivity index (χ2v) is 8.65. The van der Waals surface area contributed by atoms with Crippen LogP contribution < -0.4 is 15.5 Å². The quantitative estimate of drug-likeness (QED) is 0.514. The number of hydrogen-bond acceptors (Lipinski definition) is 5. The van der Waals surface area contributed by atoms with Crippen LogP contribution in [0.2, 0.25) is 0 Å². The van der Waals surface area contributed by atoms with Crippen LogP contribution in [0.25, 0.3) is 0 Å². The molecule has 0 aliphatic carbocycles. The van der Waals surface area contributed by atoms with Crippen LogP contribution in [0.3, 0.4) is 0 Å². The summed E-state index contributed by atoms with van der Waals surface area (Å²) in [5.74, 6) is -1.57. The highest BCUT2D eigenvalue weighted by molar-refractivity contribution is 6.35. The number of pyridine rings is 1. The Morgan fingerprint density at radius 2 is 1.66 bits per heavy atom. The van der Waals surface area contributed by atoms with E-state index in [2.05, 4.69) is 20.5 Å². The highest BCUT2D eigenvalue weighted by atomic mass is 19.1. The van der Waals surface area contributed by atoms with Crippen LogP contribution in [0, 0.1) is 12.7 Å². The van der Waals surface area contributed by atoms with Crippen LogP contribution in [0.1, 0.15) is 22.7 Å². The molecule has 4 rings (SSSR count). The zero-order valence-corrected chi connectivity index (χ0v) is 19.8. The van der Waals surface area contributed by atoms with Crippen molar-refractivity contribution in [2.24, 2.45) is 0 Å². The molecule has 2 aromatic carbocycles. The molecule has 1 aliphatic rings. The summed E-state index contributed by atoms with van der Waals surface area (Å²) in [6.45, 7) is 5.23. The third-order valence-electron chi connectivity index (χ3n) is 6.25. The third-order valence-corrected chi connectivity index (χ3v) is 6.25. The normalized spacial score (nSPS) is 14.9. The molecular weight excluding hydrogens is 445 g/mol. The molecule has 2 amide bonds. The maximum atomic E-state index is 14.2. The number of nitrogens with one attached hydrogen (secondary N) is 2. The fourth-order valence-electron chi connectivity index (χ4n) is 4.25. The predicted octanol–water partition coefficient (Wildman–Crippen LogP) is 2.83. The van der Waals surface area contributed by atoms with Crippen molar-refractivity contribution >= 4 is 17.5 Å². The van der Waals surface area contributed by atoms with Crippen LogP contribution in [0.15, 0.2) is 73.1 Å². The molecule has 1 fully saturated rings. The van der Waals surface area contributed by atoms with Crippen LogP contribution in [-0.4, -0.2) is 54.4 Å². The number of halogens is 1. The SMILES string of the molecule is Cc1ccc(CNC(=O)C(=O)NC[C@@H](c2cccnc2)N2CCN(c3ccccc3F)CC2)cc1. The summed E-state index contributed by atoms with van der Waals surface area (Å²) < 4.78 is 14.2. The molecule has 0 bridgehead atoms. The number of para-hydroxylation sites is 1. The summed E-state index contributed by atoms with van der Waals surface area (Å²) in [6, 6.07) is 18.2. The van der Waals surface area contributed by atoms with E-state index >= 15 is 0 Å². The van der Waals surface area contributed by atoms with Gasteiger partial charge in [-0.2, -0.15) is 0 Å². The first-order chi connectivity index (χ1) is 17.0. The highest BCUT2D eigenvalue weighted by Crippen LogP contribution is 2.25. The van der Waals surface area contributed by atoms with Crippen molar-refractivity contribution in [3.8, 4) is 0 Å². The summed E-state index contributed by atoms with van der Waals surface area (Å²) in [5.41, 5.74) is 3.61. The number of rotatable bonds is 7. The molecule has 0 saturated carbocycles. The second kappa shape index (κ2) is 11.6. The van der Waals surface area contributed by atoms with Gasteiger partial charge in [0.05, 0.1) is 11.7 Å². The molecule has 0 radical (unpaired) electrons. The molecule has 8 heteroatoms. The van der Waals surface area contributed by atoms with Gasteiger partial charge in [0.15, 0.2) is 0 Å². The molecule has 0 unspecified atom stereocenters. The second-order valence-electron chi connectivity index (χ2n) is 8.65. The Kier molecular flexibility index (Phi) is 8.05. The van der Waals surface area contributed by atoms with Gasteiger partial charge in [0.1, 0.15) is 5.82 Å². The third kappa shape index (κ3) is 6.42. The maximum Gasteiger partial charge on any atom is 0.309 e. The first kappa shape index (κ1) is 24.3. The van der Waals surface area contributed by atoms with E-state index in [9.17, 15) is 14.0 Å². The monoisotopic (exact) mass is 475 g/mol. The number of piperazine rings is 1. The van der Waals surface area contributed by atoms with Gasteiger partial charge in [-0.15, -0.1) is 0 Å². The van der Waals surface area contributed by atoms with Gasteiger partial charge < -0.3 is 15.5 Å². The zero-order valence-electron chi connectivity index (χ0n) is 19.8. The minimum absolute atomic E-state index is 0.152. The minimum atomic E-state index is -0.670. The topological polar surface area (TPSA) is 77.6 Å². The Balaban J connectivity index is 1.35. The molecule has 3 aromatic rings. The summed E-state index contributed by atoms with van der Waals surface area (Å²) in [6.07, 6.45) is 3.48. The van der Waals surface area contributed by atoms with Gasteiger partial charge in [-0.1, -0.05) is 48.0 Å². The van der Waals surface area contributed by atoms with Crippen LogP contribution in [0.5, 0.6) is 0 Å².